The van der Waals surface area contributed by atoms with E-state index in [1.54, 1.807) is 6.07 Å². The van der Waals surface area contributed by atoms with Crippen LogP contribution in [0.1, 0.15) is 20.8 Å². The highest BCUT2D eigenvalue weighted by Gasteiger charge is 2.13. The van der Waals surface area contributed by atoms with Gasteiger partial charge < -0.3 is 16.4 Å². The van der Waals surface area contributed by atoms with Crippen molar-refractivity contribution in [1.82, 2.24) is 5.32 Å². The largest absolute Gasteiger partial charge is 0.397 e. The number of nitrogen functional groups attached to an aromatic ring is 1. The molecule has 0 atom stereocenters. The van der Waals surface area contributed by atoms with Crippen LogP contribution in [0, 0.1) is 0 Å². The minimum absolute atomic E-state index is 0.0557. The summed E-state index contributed by atoms with van der Waals surface area (Å²) in [4.78, 5) is 11.6. The Hall–Kier alpha value is -1.23. The maximum absolute atomic E-state index is 11.6. The summed E-state index contributed by atoms with van der Waals surface area (Å²) in [6, 6.07) is 5.51. The molecule has 4 nitrogen and oxygen atoms in total. The number of hydrogen-bond acceptors (Lipinski definition) is 3. The van der Waals surface area contributed by atoms with Gasteiger partial charge in [0.1, 0.15) is 0 Å². The van der Waals surface area contributed by atoms with E-state index < -0.39 is 0 Å². The molecule has 0 aliphatic heterocycles. The Balaban J connectivity index is 2.53. The average Bonchev–Trinajstić information content (AvgIpc) is 2.13. The van der Waals surface area contributed by atoms with Crippen LogP contribution in [0.15, 0.2) is 22.7 Å². The Morgan fingerprint density at radius 1 is 1.41 bits per heavy atom. The van der Waals surface area contributed by atoms with Gasteiger partial charge in [-0.25, -0.2) is 0 Å². The van der Waals surface area contributed by atoms with Gasteiger partial charge in [-0.1, -0.05) is 15.9 Å². The summed E-state index contributed by atoms with van der Waals surface area (Å²) in [5.41, 5.74) is 6.97. The van der Waals surface area contributed by atoms with Gasteiger partial charge >= 0.3 is 0 Å². The summed E-state index contributed by atoms with van der Waals surface area (Å²) in [7, 11) is 0. The Kier molecular flexibility index (Phi) is 4.40. The summed E-state index contributed by atoms with van der Waals surface area (Å²) in [6.07, 6.45) is 0. The number of rotatable bonds is 3. The number of nitrogens with two attached hydrogens (primary N) is 1. The second-order valence-electron chi connectivity index (χ2n) is 4.88. The fourth-order valence-electron chi connectivity index (χ4n) is 1.33. The van der Waals surface area contributed by atoms with Crippen LogP contribution >= 0.6 is 15.9 Å². The molecule has 0 fully saturated rings. The van der Waals surface area contributed by atoms with Crippen LogP contribution in [-0.4, -0.2) is 18.0 Å². The molecular formula is C12H18BrN3O. The summed E-state index contributed by atoms with van der Waals surface area (Å²) >= 11 is 3.33. The normalized spacial score (nSPS) is 11.1. The number of hydrogen-bond donors (Lipinski definition) is 3. The molecular weight excluding hydrogens is 282 g/mol. The smallest absolute Gasteiger partial charge is 0.239 e. The van der Waals surface area contributed by atoms with Crippen molar-refractivity contribution in [2.45, 2.75) is 26.3 Å². The van der Waals surface area contributed by atoms with Gasteiger partial charge in [0.25, 0.3) is 0 Å². The molecule has 1 amide bonds. The molecule has 1 rings (SSSR count). The minimum atomic E-state index is -0.218. The molecule has 0 radical (unpaired) electrons. The highest BCUT2D eigenvalue weighted by molar-refractivity contribution is 9.10. The van der Waals surface area contributed by atoms with E-state index in [0.29, 0.717) is 5.69 Å². The molecule has 0 unspecified atom stereocenters. The summed E-state index contributed by atoms with van der Waals surface area (Å²) in [5, 5.41) is 5.87. The van der Waals surface area contributed by atoms with E-state index >= 15 is 0 Å². The van der Waals surface area contributed by atoms with Crippen molar-refractivity contribution in [3.63, 3.8) is 0 Å². The topological polar surface area (TPSA) is 67.2 Å². The van der Waals surface area contributed by atoms with Gasteiger partial charge in [-0.3, -0.25) is 4.79 Å². The van der Waals surface area contributed by atoms with E-state index in [1.807, 2.05) is 32.9 Å². The van der Waals surface area contributed by atoms with Crippen LogP contribution in [0.2, 0.25) is 0 Å². The molecule has 94 valence electrons. The third-order valence-corrected chi connectivity index (χ3v) is 2.46. The molecule has 0 spiro atoms. The Bertz CT molecular complexity index is 413. The molecule has 1 aromatic carbocycles. The zero-order chi connectivity index (χ0) is 13.1. The van der Waals surface area contributed by atoms with Crippen LogP contribution < -0.4 is 16.4 Å². The highest BCUT2D eigenvalue weighted by Crippen LogP contribution is 2.22. The SMILES string of the molecule is CC(C)(C)NC(=O)CNc1ccc(Br)cc1N. The number of carbonyl (C=O) groups excluding carboxylic acids is 1. The zero-order valence-corrected chi connectivity index (χ0v) is 11.9. The molecule has 5 heteroatoms. The van der Waals surface area contributed by atoms with Crippen molar-refractivity contribution in [2.24, 2.45) is 0 Å². The molecule has 0 heterocycles. The standard InChI is InChI=1S/C12H18BrN3O/c1-12(2,3)16-11(17)7-15-10-5-4-8(13)6-9(10)14/h4-6,15H,7,14H2,1-3H3,(H,16,17). The molecule has 1 aromatic rings. The first kappa shape index (κ1) is 13.8. The highest BCUT2D eigenvalue weighted by atomic mass is 79.9. The summed E-state index contributed by atoms with van der Waals surface area (Å²) < 4.78 is 0.916. The second kappa shape index (κ2) is 5.40. The lowest BCUT2D eigenvalue weighted by Gasteiger charge is -2.21. The molecule has 0 bridgehead atoms. The molecule has 0 aliphatic rings. The van der Waals surface area contributed by atoms with E-state index in [9.17, 15) is 4.79 Å². The number of benzene rings is 1. The first-order chi connectivity index (χ1) is 7.78. The summed E-state index contributed by atoms with van der Waals surface area (Å²) in [5.74, 6) is -0.0557. The van der Waals surface area contributed by atoms with Crippen molar-refractivity contribution < 1.29 is 4.79 Å². The van der Waals surface area contributed by atoms with Gasteiger partial charge in [-0.15, -0.1) is 0 Å². The van der Waals surface area contributed by atoms with E-state index in [2.05, 4.69) is 26.6 Å². The number of carbonyl (C=O) groups is 1. The lowest BCUT2D eigenvalue weighted by atomic mass is 10.1. The van der Waals surface area contributed by atoms with Crippen molar-refractivity contribution in [3.05, 3.63) is 22.7 Å². The lowest BCUT2D eigenvalue weighted by molar-refractivity contribution is -0.120. The van der Waals surface area contributed by atoms with Gasteiger partial charge in [0.2, 0.25) is 5.91 Å². The minimum Gasteiger partial charge on any atom is -0.397 e. The average molecular weight is 300 g/mol. The number of anilines is 2. The van der Waals surface area contributed by atoms with Gasteiger partial charge in [-0.2, -0.15) is 0 Å². The first-order valence-corrected chi connectivity index (χ1v) is 6.17. The van der Waals surface area contributed by atoms with Crippen LogP contribution in [0.5, 0.6) is 0 Å². The Morgan fingerprint density at radius 3 is 2.59 bits per heavy atom. The molecule has 0 aliphatic carbocycles. The molecule has 0 saturated carbocycles. The van der Waals surface area contributed by atoms with Gasteiger partial charge in [-0.05, 0) is 39.0 Å². The fourth-order valence-corrected chi connectivity index (χ4v) is 1.71. The summed E-state index contributed by atoms with van der Waals surface area (Å²) in [6.45, 7) is 6.04. The zero-order valence-electron chi connectivity index (χ0n) is 10.3. The van der Waals surface area contributed by atoms with Gasteiger partial charge in [0, 0.05) is 10.0 Å². The third-order valence-electron chi connectivity index (χ3n) is 1.97. The van der Waals surface area contributed by atoms with Crippen molar-refractivity contribution in [1.29, 1.82) is 0 Å². The van der Waals surface area contributed by atoms with Crippen LogP contribution in [-0.2, 0) is 4.79 Å². The van der Waals surface area contributed by atoms with Crippen molar-refractivity contribution >= 4 is 33.2 Å². The van der Waals surface area contributed by atoms with Crippen molar-refractivity contribution in [3.8, 4) is 0 Å². The molecule has 4 N–H and O–H groups in total. The first-order valence-electron chi connectivity index (χ1n) is 5.38. The molecule has 0 aromatic heterocycles. The van der Waals surface area contributed by atoms with Crippen LogP contribution in [0.4, 0.5) is 11.4 Å². The quantitative estimate of drug-likeness (QED) is 0.751. The van der Waals surface area contributed by atoms with E-state index in [1.165, 1.54) is 0 Å². The van der Waals surface area contributed by atoms with E-state index in [-0.39, 0.29) is 18.0 Å². The maximum atomic E-state index is 11.6. The molecule has 0 saturated heterocycles. The third kappa shape index (κ3) is 5.08. The van der Waals surface area contributed by atoms with Gasteiger partial charge in [0.05, 0.1) is 17.9 Å². The number of halogens is 1. The molecule has 17 heavy (non-hydrogen) atoms. The number of nitrogens with one attached hydrogen (secondary N) is 2. The second-order valence-corrected chi connectivity index (χ2v) is 5.80. The monoisotopic (exact) mass is 299 g/mol. The predicted octanol–water partition coefficient (Wildman–Crippen LogP) is 2.36. The lowest BCUT2D eigenvalue weighted by Crippen LogP contribution is -2.43. The van der Waals surface area contributed by atoms with Gasteiger partial charge in [0.15, 0.2) is 0 Å². The Morgan fingerprint density at radius 2 is 2.06 bits per heavy atom. The van der Waals surface area contributed by atoms with Crippen LogP contribution in [0.25, 0.3) is 0 Å². The van der Waals surface area contributed by atoms with E-state index in [4.69, 9.17) is 5.73 Å². The van der Waals surface area contributed by atoms with Crippen LogP contribution in [0.3, 0.4) is 0 Å². The number of amides is 1. The van der Waals surface area contributed by atoms with Crippen molar-refractivity contribution in [2.75, 3.05) is 17.6 Å². The maximum Gasteiger partial charge on any atom is 0.239 e. The predicted molar refractivity (Wildman–Crippen MR) is 74.9 cm³/mol. The van der Waals surface area contributed by atoms with E-state index in [0.717, 1.165) is 10.2 Å². The fraction of sp³-hybridized carbons (Fsp3) is 0.417. The Labute approximate surface area is 110 Å².